The Bertz CT molecular complexity index is 983. The van der Waals surface area contributed by atoms with E-state index in [1.165, 1.54) is 11.3 Å². The largest absolute Gasteiger partial charge is 0.490 e. The van der Waals surface area contributed by atoms with Crippen LogP contribution >= 0.6 is 11.3 Å². The van der Waals surface area contributed by atoms with Crippen LogP contribution in [0, 0.1) is 5.41 Å². The number of hydrogen-bond donors (Lipinski definition) is 3. The molecule has 2 aliphatic heterocycles. The Hall–Kier alpha value is -2.91. The molecule has 2 saturated heterocycles. The SMILES string of the molecule is O=C(O)C(F)(F)F.O=C(O)C(F)(F)F.c1ccc(NCC[C@@]23CCO[C@@H]2CCN(Cc2cccs2)C3)nc1. The third kappa shape index (κ3) is 10.1. The summed E-state index contributed by atoms with van der Waals surface area (Å²) in [7, 11) is 0. The van der Waals surface area contributed by atoms with E-state index in [1.54, 1.807) is 0 Å². The van der Waals surface area contributed by atoms with Crippen molar-refractivity contribution in [3.63, 3.8) is 0 Å². The predicted molar refractivity (Wildman–Crippen MR) is 126 cm³/mol. The summed E-state index contributed by atoms with van der Waals surface area (Å²) >= 11 is 1.86. The summed E-state index contributed by atoms with van der Waals surface area (Å²) in [5.41, 5.74) is 0.303. The van der Waals surface area contributed by atoms with E-state index in [9.17, 15) is 26.3 Å². The van der Waals surface area contributed by atoms with Crippen molar-refractivity contribution >= 4 is 29.1 Å². The molecule has 0 aliphatic carbocycles. The number of carboxylic acid groups (broad SMARTS) is 2. The minimum atomic E-state index is -5.08. The van der Waals surface area contributed by atoms with Gasteiger partial charge in [-0.15, -0.1) is 11.3 Å². The number of rotatable bonds is 6. The van der Waals surface area contributed by atoms with Gasteiger partial charge in [-0.05, 0) is 42.8 Å². The zero-order chi connectivity index (χ0) is 28.4. The molecule has 0 aromatic carbocycles. The van der Waals surface area contributed by atoms with Gasteiger partial charge in [-0.3, -0.25) is 4.90 Å². The number of halogens is 6. The van der Waals surface area contributed by atoms with E-state index in [2.05, 4.69) is 32.7 Å². The van der Waals surface area contributed by atoms with E-state index >= 15 is 0 Å². The fourth-order valence-electron chi connectivity index (χ4n) is 4.17. The van der Waals surface area contributed by atoms with E-state index in [0.717, 1.165) is 51.4 Å². The lowest BCUT2D eigenvalue weighted by Gasteiger charge is -2.44. The van der Waals surface area contributed by atoms with Gasteiger partial charge in [-0.1, -0.05) is 12.1 Å². The Morgan fingerprint density at radius 3 is 2.29 bits per heavy atom. The number of thiophene rings is 1. The number of piperidine rings is 1. The summed E-state index contributed by atoms with van der Waals surface area (Å²) in [5.74, 6) is -4.55. The fourth-order valence-corrected chi connectivity index (χ4v) is 4.91. The molecule has 38 heavy (non-hydrogen) atoms. The van der Waals surface area contributed by atoms with Crippen molar-refractivity contribution in [3.8, 4) is 0 Å². The van der Waals surface area contributed by atoms with Crippen molar-refractivity contribution in [3.05, 3.63) is 46.8 Å². The summed E-state index contributed by atoms with van der Waals surface area (Å²) < 4.78 is 69.6. The van der Waals surface area contributed by atoms with E-state index in [0.29, 0.717) is 11.5 Å². The highest BCUT2D eigenvalue weighted by Gasteiger charge is 2.47. The summed E-state index contributed by atoms with van der Waals surface area (Å²) in [5, 5.41) is 19.9. The molecule has 3 N–H and O–H groups in total. The number of nitrogens with one attached hydrogen (secondary N) is 1. The minimum absolute atomic E-state index is 0.303. The number of likely N-dealkylation sites (tertiary alicyclic amines) is 1. The third-order valence-electron chi connectivity index (χ3n) is 5.89. The van der Waals surface area contributed by atoms with E-state index in [1.807, 2.05) is 35.7 Å². The number of ether oxygens (including phenoxy) is 1. The zero-order valence-corrected chi connectivity index (χ0v) is 20.8. The van der Waals surface area contributed by atoms with Crippen LogP contribution in [0.5, 0.6) is 0 Å². The highest BCUT2D eigenvalue weighted by Crippen LogP contribution is 2.44. The number of pyridine rings is 1. The van der Waals surface area contributed by atoms with Crippen LogP contribution in [0.15, 0.2) is 41.9 Å². The smallest absolute Gasteiger partial charge is 0.475 e. The first-order valence-corrected chi connectivity index (χ1v) is 12.2. The molecule has 0 unspecified atom stereocenters. The third-order valence-corrected chi connectivity index (χ3v) is 6.75. The Kier molecular flexibility index (Phi) is 11.3. The van der Waals surface area contributed by atoms with Crippen LogP contribution in [0.1, 0.15) is 24.1 Å². The van der Waals surface area contributed by atoms with E-state index in [-0.39, 0.29) is 0 Å². The number of fused-ring (bicyclic) bond motifs is 1. The van der Waals surface area contributed by atoms with Gasteiger partial charge in [0.25, 0.3) is 0 Å². The van der Waals surface area contributed by atoms with Crippen LogP contribution in [0.2, 0.25) is 0 Å². The lowest BCUT2D eigenvalue weighted by atomic mass is 9.74. The van der Waals surface area contributed by atoms with Gasteiger partial charge in [0.15, 0.2) is 0 Å². The summed E-state index contributed by atoms with van der Waals surface area (Å²) in [4.78, 5) is 26.2. The molecule has 2 aromatic heterocycles. The first-order valence-electron chi connectivity index (χ1n) is 11.3. The van der Waals surface area contributed by atoms with Crippen LogP contribution in [-0.4, -0.2) is 76.7 Å². The number of aromatic nitrogens is 1. The molecule has 2 aliphatic rings. The monoisotopic (exact) mass is 571 g/mol. The molecule has 4 heterocycles. The molecule has 0 spiro atoms. The quantitative estimate of drug-likeness (QED) is 0.421. The Labute approximate surface area is 218 Å². The molecule has 2 aromatic rings. The molecule has 4 rings (SSSR count). The number of hydrogen-bond acceptors (Lipinski definition) is 7. The average Bonchev–Trinajstić information content (AvgIpc) is 3.49. The van der Waals surface area contributed by atoms with Crippen molar-refractivity contribution < 1.29 is 50.9 Å². The van der Waals surface area contributed by atoms with Gasteiger partial charge in [0.05, 0.1) is 6.10 Å². The normalized spacial score (nSPS) is 21.3. The number of aliphatic carboxylic acids is 2. The van der Waals surface area contributed by atoms with Gasteiger partial charge in [0.2, 0.25) is 0 Å². The summed E-state index contributed by atoms with van der Waals surface area (Å²) in [6, 6.07) is 10.4. The van der Waals surface area contributed by atoms with Crippen molar-refractivity contribution in [1.82, 2.24) is 9.88 Å². The van der Waals surface area contributed by atoms with Crippen LogP contribution < -0.4 is 5.32 Å². The van der Waals surface area contributed by atoms with Crippen molar-refractivity contribution in [2.75, 3.05) is 31.6 Å². The van der Waals surface area contributed by atoms with Gasteiger partial charge < -0.3 is 20.3 Å². The Morgan fingerprint density at radius 1 is 1.11 bits per heavy atom. The first kappa shape index (κ1) is 31.3. The molecular formula is C23H27F6N3O5S. The van der Waals surface area contributed by atoms with Gasteiger partial charge in [0, 0.05) is 49.3 Å². The van der Waals surface area contributed by atoms with Crippen molar-refractivity contribution in [1.29, 1.82) is 0 Å². The van der Waals surface area contributed by atoms with Gasteiger partial charge >= 0.3 is 24.3 Å². The highest BCUT2D eigenvalue weighted by atomic mass is 32.1. The van der Waals surface area contributed by atoms with Gasteiger partial charge in [-0.2, -0.15) is 26.3 Å². The standard InChI is InChI=1S/C19H25N3OS.2C2HF3O2/c1-2-9-20-18(5-1)21-10-7-19-8-12-23-17(19)6-11-22(15-19)14-16-4-3-13-24-16;2*3-2(4,5)1(6)7/h1-5,9,13,17H,6-8,10-12,14-15H2,(H,20,21);2*(H,6,7)/t17-,19+;;/m1../s1. The van der Waals surface area contributed by atoms with E-state index < -0.39 is 24.3 Å². The number of carbonyl (C=O) groups is 2. The number of carboxylic acids is 2. The van der Waals surface area contributed by atoms with Gasteiger partial charge in [-0.25, -0.2) is 14.6 Å². The highest BCUT2D eigenvalue weighted by molar-refractivity contribution is 7.09. The predicted octanol–water partition coefficient (Wildman–Crippen LogP) is 4.89. The van der Waals surface area contributed by atoms with Crippen molar-refractivity contribution in [2.24, 2.45) is 5.41 Å². The van der Waals surface area contributed by atoms with E-state index in [4.69, 9.17) is 24.5 Å². The molecule has 0 bridgehead atoms. The Balaban J connectivity index is 0.000000301. The molecule has 8 nitrogen and oxygen atoms in total. The fraction of sp³-hybridized carbons (Fsp3) is 0.522. The second kappa shape index (κ2) is 13.8. The van der Waals surface area contributed by atoms with Crippen LogP contribution in [0.25, 0.3) is 0 Å². The van der Waals surface area contributed by atoms with Crippen LogP contribution in [-0.2, 0) is 20.9 Å². The molecule has 15 heteroatoms. The molecule has 0 amide bonds. The zero-order valence-electron chi connectivity index (χ0n) is 20.0. The lowest BCUT2D eigenvalue weighted by Crippen LogP contribution is -2.49. The summed E-state index contributed by atoms with van der Waals surface area (Å²) in [6.07, 6.45) is -4.40. The summed E-state index contributed by atoms with van der Waals surface area (Å²) in [6.45, 7) is 5.27. The maximum absolute atomic E-state index is 10.6. The minimum Gasteiger partial charge on any atom is -0.475 e. The molecule has 0 radical (unpaired) electrons. The number of nitrogens with zero attached hydrogens (tertiary/aromatic N) is 2. The number of anilines is 1. The Morgan fingerprint density at radius 2 is 1.76 bits per heavy atom. The maximum atomic E-state index is 10.6. The molecule has 0 saturated carbocycles. The second-order valence-electron chi connectivity index (χ2n) is 8.55. The maximum Gasteiger partial charge on any atom is 0.490 e. The van der Waals surface area contributed by atoms with Crippen LogP contribution in [0.4, 0.5) is 32.2 Å². The molecule has 2 fully saturated rings. The van der Waals surface area contributed by atoms with Gasteiger partial charge in [0.1, 0.15) is 5.82 Å². The molecule has 2 atom stereocenters. The van der Waals surface area contributed by atoms with Crippen molar-refractivity contribution in [2.45, 2.75) is 44.3 Å². The van der Waals surface area contributed by atoms with Crippen LogP contribution in [0.3, 0.4) is 0 Å². The molecular weight excluding hydrogens is 544 g/mol. The molecule has 212 valence electrons. The number of alkyl halides is 6. The first-order chi connectivity index (χ1) is 17.7. The average molecular weight is 572 g/mol. The lowest BCUT2D eigenvalue weighted by molar-refractivity contribution is -0.193. The second-order valence-corrected chi connectivity index (χ2v) is 9.58. The topological polar surface area (TPSA) is 112 Å².